The highest BCUT2D eigenvalue weighted by Crippen LogP contribution is 2.36. The quantitative estimate of drug-likeness (QED) is 0.273. The summed E-state index contributed by atoms with van der Waals surface area (Å²) in [5.41, 5.74) is 11.5. The van der Waals surface area contributed by atoms with E-state index < -0.39 is 13.7 Å². The van der Waals surface area contributed by atoms with Crippen LogP contribution in [0, 0.1) is 11.5 Å². The summed E-state index contributed by atoms with van der Waals surface area (Å²) in [6.45, 7) is 12.5. The fourth-order valence-electron chi connectivity index (χ4n) is 1.55. The highest BCUT2D eigenvalue weighted by molar-refractivity contribution is 6.87. The molecule has 0 aliphatic rings. The zero-order chi connectivity index (χ0) is 16.3. The molecular weight excluding hydrogens is 278 g/mol. The van der Waals surface area contributed by atoms with Crippen LogP contribution in [-0.4, -0.2) is 13.2 Å². The zero-order valence-electron chi connectivity index (χ0n) is 13.6. The van der Waals surface area contributed by atoms with E-state index in [1.807, 2.05) is 0 Å². The third kappa shape index (κ3) is 4.12. The van der Waals surface area contributed by atoms with Crippen LogP contribution in [0.25, 0.3) is 10.4 Å². The van der Waals surface area contributed by atoms with Crippen LogP contribution >= 0.6 is 0 Å². The molecule has 1 atom stereocenters. The highest BCUT2D eigenvalue weighted by Gasteiger charge is 2.34. The number of aliphatic hydroxyl groups is 1. The molecule has 0 heterocycles. The number of hydrogen-bond acceptors (Lipinski definition) is 2. The van der Waals surface area contributed by atoms with Gasteiger partial charge in [0.15, 0.2) is 0 Å². The van der Waals surface area contributed by atoms with Gasteiger partial charge in [0.2, 0.25) is 0 Å². The smallest absolute Gasteiger partial charge is 0.148 e. The average molecular weight is 301 g/mol. The van der Waals surface area contributed by atoms with Gasteiger partial charge in [0, 0.05) is 16.2 Å². The van der Waals surface area contributed by atoms with Crippen LogP contribution in [0.5, 0.6) is 0 Å². The summed E-state index contributed by atoms with van der Waals surface area (Å²) < 4.78 is 0. The standard InChI is InChI=1S/C16H23N3OSi/c1-15(2,3)21(5,6)12-11-16(4,20)13-9-7-8-10-14(13)18-19-17/h7-10,20H,1-6H3. The van der Waals surface area contributed by atoms with Gasteiger partial charge in [0.25, 0.3) is 0 Å². The summed E-state index contributed by atoms with van der Waals surface area (Å²) in [7, 11) is -1.81. The molecule has 0 saturated heterocycles. The van der Waals surface area contributed by atoms with E-state index in [4.69, 9.17) is 5.53 Å². The second kappa shape index (κ2) is 5.95. The van der Waals surface area contributed by atoms with Crippen LogP contribution in [0.1, 0.15) is 33.3 Å². The van der Waals surface area contributed by atoms with E-state index in [1.165, 1.54) is 0 Å². The third-order valence-electron chi connectivity index (χ3n) is 4.07. The normalized spacial score (nSPS) is 14.4. The van der Waals surface area contributed by atoms with E-state index in [0.29, 0.717) is 11.3 Å². The molecule has 0 aromatic heterocycles. The van der Waals surface area contributed by atoms with Crippen LogP contribution < -0.4 is 0 Å². The van der Waals surface area contributed by atoms with E-state index in [1.54, 1.807) is 31.2 Å². The maximum absolute atomic E-state index is 10.7. The van der Waals surface area contributed by atoms with E-state index in [9.17, 15) is 5.11 Å². The van der Waals surface area contributed by atoms with Crippen LogP contribution in [0.2, 0.25) is 18.1 Å². The first kappa shape index (κ1) is 17.3. The van der Waals surface area contributed by atoms with Gasteiger partial charge < -0.3 is 5.11 Å². The van der Waals surface area contributed by atoms with Crippen molar-refractivity contribution >= 4 is 13.8 Å². The van der Waals surface area contributed by atoms with Crippen molar-refractivity contribution in [1.82, 2.24) is 0 Å². The lowest BCUT2D eigenvalue weighted by Gasteiger charge is -2.32. The Balaban J connectivity index is 3.29. The molecule has 1 N–H and O–H groups in total. The third-order valence-corrected chi connectivity index (χ3v) is 8.57. The molecule has 0 radical (unpaired) electrons. The largest absolute Gasteiger partial charge is 0.374 e. The Morgan fingerprint density at radius 2 is 1.76 bits per heavy atom. The van der Waals surface area contributed by atoms with Crippen LogP contribution in [0.15, 0.2) is 29.4 Å². The Morgan fingerprint density at radius 1 is 1.19 bits per heavy atom. The molecule has 112 valence electrons. The van der Waals surface area contributed by atoms with Crippen molar-refractivity contribution in [3.05, 3.63) is 40.3 Å². The van der Waals surface area contributed by atoms with Crippen molar-refractivity contribution in [3.63, 3.8) is 0 Å². The molecule has 0 aliphatic carbocycles. The minimum Gasteiger partial charge on any atom is -0.374 e. The van der Waals surface area contributed by atoms with Crippen LogP contribution in [0.3, 0.4) is 0 Å². The fraction of sp³-hybridized carbons (Fsp3) is 0.500. The lowest BCUT2D eigenvalue weighted by molar-refractivity contribution is 0.123. The molecule has 1 unspecified atom stereocenters. The molecule has 5 heteroatoms. The second-order valence-electron chi connectivity index (χ2n) is 6.90. The predicted molar refractivity (Wildman–Crippen MR) is 89.8 cm³/mol. The molecule has 1 rings (SSSR count). The number of azide groups is 1. The number of nitrogens with zero attached hydrogens (tertiary/aromatic N) is 3. The fourth-order valence-corrected chi connectivity index (χ4v) is 2.48. The Hall–Kier alpha value is -1.73. The van der Waals surface area contributed by atoms with Gasteiger partial charge in [-0.3, -0.25) is 0 Å². The number of benzene rings is 1. The van der Waals surface area contributed by atoms with Crippen molar-refractivity contribution in [2.24, 2.45) is 5.11 Å². The van der Waals surface area contributed by atoms with Crippen molar-refractivity contribution in [2.75, 3.05) is 0 Å². The average Bonchev–Trinajstić information content (AvgIpc) is 2.36. The van der Waals surface area contributed by atoms with Gasteiger partial charge in [0.05, 0.1) is 0 Å². The molecule has 0 spiro atoms. The van der Waals surface area contributed by atoms with E-state index in [0.717, 1.165) is 0 Å². The SMILES string of the molecule is CC(O)(C#C[Si](C)(C)C(C)(C)C)c1ccccc1N=[N+]=[N-]. The summed E-state index contributed by atoms with van der Waals surface area (Å²) in [4.78, 5) is 2.80. The maximum Gasteiger partial charge on any atom is 0.148 e. The lowest BCUT2D eigenvalue weighted by Crippen LogP contribution is -2.36. The van der Waals surface area contributed by atoms with Crippen molar-refractivity contribution in [3.8, 4) is 11.5 Å². The summed E-state index contributed by atoms with van der Waals surface area (Å²) in [5.74, 6) is 3.00. The van der Waals surface area contributed by atoms with Gasteiger partial charge in [-0.15, -0.1) is 5.54 Å². The van der Waals surface area contributed by atoms with E-state index in [-0.39, 0.29) is 5.04 Å². The first-order valence-corrected chi connectivity index (χ1v) is 9.92. The Morgan fingerprint density at radius 3 is 2.29 bits per heavy atom. The first-order chi connectivity index (χ1) is 9.51. The van der Waals surface area contributed by atoms with Crippen molar-refractivity contribution < 1.29 is 5.11 Å². The molecule has 1 aromatic rings. The van der Waals surface area contributed by atoms with E-state index in [2.05, 4.69) is 55.4 Å². The molecule has 0 aliphatic heterocycles. The topological polar surface area (TPSA) is 69.0 Å². The zero-order valence-corrected chi connectivity index (χ0v) is 14.6. The van der Waals surface area contributed by atoms with Crippen molar-refractivity contribution in [2.45, 2.75) is 51.4 Å². The molecule has 1 aromatic carbocycles. The number of hydrogen-bond donors (Lipinski definition) is 1. The Kier molecular flexibility index (Phi) is 4.90. The molecule has 0 bridgehead atoms. The monoisotopic (exact) mass is 301 g/mol. The Labute approximate surface area is 127 Å². The predicted octanol–water partition coefficient (Wildman–Crippen LogP) is 4.89. The Bertz CT molecular complexity index is 627. The maximum atomic E-state index is 10.7. The minimum atomic E-state index is -1.81. The van der Waals surface area contributed by atoms with Crippen LogP contribution in [0.4, 0.5) is 5.69 Å². The van der Waals surface area contributed by atoms with Gasteiger partial charge in [-0.1, -0.05) is 69.2 Å². The molecule has 0 amide bonds. The molecule has 0 fully saturated rings. The highest BCUT2D eigenvalue weighted by atomic mass is 28.3. The van der Waals surface area contributed by atoms with E-state index >= 15 is 0 Å². The van der Waals surface area contributed by atoms with Crippen LogP contribution in [-0.2, 0) is 5.60 Å². The second-order valence-corrected chi connectivity index (χ2v) is 11.9. The molecule has 0 saturated carbocycles. The molecule has 4 nitrogen and oxygen atoms in total. The summed E-state index contributed by atoms with van der Waals surface area (Å²) in [5, 5.41) is 14.4. The summed E-state index contributed by atoms with van der Waals surface area (Å²) in [6, 6.07) is 6.99. The first-order valence-electron chi connectivity index (χ1n) is 6.92. The summed E-state index contributed by atoms with van der Waals surface area (Å²) in [6.07, 6.45) is 0. The van der Waals surface area contributed by atoms with Gasteiger partial charge in [-0.2, -0.15) is 0 Å². The molecule has 21 heavy (non-hydrogen) atoms. The van der Waals surface area contributed by atoms with Gasteiger partial charge in [-0.25, -0.2) is 0 Å². The van der Waals surface area contributed by atoms with Crippen molar-refractivity contribution in [1.29, 1.82) is 0 Å². The summed E-state index contributed by atoms with van der Waals surface area (Å²) >= 11 is 0. The van der Waals surface area contributed by atoms with Gasteiger partial charge in [-0.05, 0) is 17.5 Å². The minimum absolute atomic E-state index is 0.125. The molecular formula is C16H23N3OSi. The van der Waals surface area contributed by atoms with Gasteiger partial charge in [0.1, 0.15) is 13.7 Å². The lowest BCUT2D eigenvalue weighted by atomic mass is 9.95. The number of rotatable bonds is 2. The van der Waals surface area contributed by atoms with Gasteiger partial charge >= 0.3 is 0 Å².